The molecule has 0 aromatic heterocycles. The van der Waals surface area contributed by atoms with Crippen LogP contribution in [0.15, 0.2) is 27.1 Å². The van der Waals surface area contributed by atoms with Gasteiger partial charge in [0.05, 0.1) is 6.54 Å². The minimum absolute atomic E-state index is 0.0453. The number of rotatable bonds is 5. The fourth-order valence-electron chi connectivity index (χ4n) is 2.52. The number of nitrogens with zero attached hydrogens (tertiary/aromatic N) is 2. The van der Waals surface area contributed by atoms with Crippen molar-refractivity contribution in [1.29, 1.82) is 0 Å². The highest BCUT2D eigenvalue weighted by atomic mass is 79.9. The molecule has 1 N–H and O–H groups in total. The maximum atomic E-state index is 12.1. The van der Waals surface area contributed by atoms with Crippen LogP contribution in [0.3, 0.4) is 0 Å². The van der Waals surface area contributed by atoms with Crippen molar-refractivity contribution in [3.8, 4) is 0 Å². The van der Waals surface area contributed by atoms with Gasteiger partial charge in [-0.05, 0) is 31.2 Å². The van der Waals surface area contributed by atoms with Gasteiger partial charge in [0.1, 0.15) is 0 Å². The van der Waals surface area contributed by atoms with Crippen molar-refractivity contribution in [3.63, 3.8) is 0 Å². The van der Waals surface area contributed by atoms with Gasteiger partial charge in [0.2, 0.25) is 5.91 Å². The second-order valence-electron chi connectivity index (χ2n) is 5.32. The molecule has 21 heavy (non-hydrogen) atoms. The van der Waals surface area contributed by atoms with E-state index < -0.39 is 0 Å². The first-order chi connectivity index (χ1) is 10.1. The summed E-state index contributed by atoms with van der Waals surface area (Å²) in [5.41, 5.74) is 0.811. The van der Waals surface area contributed by atoms with Crippen LogP contribution < -0.4 is 5.32 Å². The Morgan fingerprint density at radius 2 is 1.67 bits per heavy atom. The molecule has 0 saturated carbocycles. The SMILES string of the molecule is CCCN1CCN(CC(=O)Nc2cc(Br)cc(Br)c2)CC1. The molecule has 2 rings (SSSR count). The highest BCUT2D eigenvalue weighted by Crippen LogP contribution is 2.23. The van der Waals surface area contributed by atoms with Gasteiger partial charge < -0.3 is 10.2 Å². The second kappa shape index (κ2) is 8.27. The minimum atomic E-state index is 0.0453. The van der Waals surface area contributed by atoms with E-state index in [-0.39, 0.29) is 5.91 Å². The summed E-state index contributed by atoms with van der Waals surface area (Å²) in [5.74, 6) is 0.0453. The molecule has 1 aromatic carbocycles. The molecule has 1 saturated heterocycles. The quantitative estimate of drug-likeness (QED) is 0.797. The first kappa shape index (κ1) is 16.9. The van der Waals surface area contributed by atoms with E-state index in [4.69, 9.17) is 0 Å². The first-order valence-corrected chi connectivity index (χ1v) is 8.86. The summed E-state index contributed by atoms with van der Waals surface area (Å²) in [6.07, 6.45) is 1.19. The number of hydrogen-bond donors (Lipinski definition) is 1. The molecule has 6 heteroatoms. The van der Waals surface area contributed by atoms with Gasteiger partial charge >= 0.3 is 0 Å². The number of amides is 1. The molecular formula is C15H21Br2N3O. The lowest BCUT2D eigenvalue weighted by atomic mass is 10.3. The van der Waals surface area contributed by atoms with Crippen molar-refractivity contribution in [2.75, 3.05) is 44.6 Å². The van der Waals surface area contributed by atoms with E-state index in [0.29, 0.717) is 6.54 Å². The van der Waals surface area contributed by atoms with E-state index in [1.165, 1.54) is 6.42 Å². The summed E-state index contributed by atoms with van der Waals surface area (Å²) >= 11 is 6.85. The third-order valence-corrected chi connectivity index (χ3v) is 4.43. The molecule has 0 unspecified atom stereocenters. The maximum absolute atomic E-state index is 12.1. The Balaban J connectivity index is 1.80. The van der Waals surface area contributed by atoms with Crippen LogP contribution in [0.25, 0.3) is 0 Å². The van der Waals surface area contributed by atoms with Crippen molar-refractivity contribution in [3.05, 3.63) is 27.1 Å². The number of hydrogen-bond acceptors (Lipinski definition) is 3. The molecule has 116 valence electrons. The second-order valence-corrected chi connectivity index (χ2v) is 7.16. The lowest BCUT2D eigenvalue weighted by Gasteiger charge is -2.34. The van der Waals surface area contributed by atoms with Crippen LogP contribution in [0.1, 0.15) is 13.3 Å². The van der Waals surface area contributed by atoms with E-state index in [0.717, 1.165) is 47.4 Å². The summed E-state index contributed by atoms with van der Waals surface area (Å²) in [5, 5.41) is 2.95. The molecular weight excluding hydrogens is 398 g/mol. The monoisotopic (exact) mass is 417 g/mol. The highest BCUT2D eigenvalue weighted by Gasteiger charge is 2.18. The van der Waals surface area contributed by atoms with Gasteiger partial charge in [0, 0.05) is 40.8 Å². The van der Waals surface area contributed by atoms with E-state index in [1.807, 2.05) is 18.2 Å². The number of benzene rings is 1. The van der Waals surface area contributed by atoms with Crippen molar-refractivity contribution in [1.82, 2.24) is 9.80 Å². The van der Waals surface area contributed by atoms with Crippen LogP contribution in [-0.4, -0.2) is 55.0 Å². The molecule has 0 radical (unpaired) electrons. The number of carbonyl (C=O) groups excluding carboxylic acids is 1. The molecule has 1 aromatic rings. The Morgan fingerprint density at radius 1 is 1.10 bits per heavy atom. The average Bonchev–Trinajstić information content (AvgIpc) is 2.40. The van der Waals surface area contributed by atoms with Crippen LogP contribution in [0, 0.1) is 0 Å². The van der Waals surface area contributed by atoms with E-state index >= 15 is 0 Å². The van der Waals surface area contributed by atoms with Crippen molar-refractivity contribution in [2.24, 2.45) is 0 Å². The van der Waals surface area contributed by atoms with Crippen molar-refractivity contribution >= 4 is 43.5 Å². The van der Waals surface area contributed by atoms with Gasteiger partial charge in [0.25, 0.3) is 0 Å². The average molecular weight is 419 g/mol. The fourth-order valence-corrected chi connectivity index (χ4v) is 3.81. The Labute approximate surface area is 143 Å². The molecule has 1 amide bonds. The number of nitrogens with one attached hydrogen (secondary N) is 1. The third-order valence-electron chi connectivity index (χ3n) is 3.52. The predicted molar refractivity (Wildman–Crippen MR) is 93.6 cm³/mol. The molecule has 1 heterocycles. The minimum Gasteiger partial charge on any atom is -0.325 e. The summed E-state index contributed by atoms with van der Waals surface area (Å²) in [4.78, 5) is 16.8. The largest absolute Gasteiger partial charge is 0.325 e. The van der Waals surface area contributed by atoms with Gasteiger partial charge in [0.15, 0.2) is 0 Å². The third kappa shape index (κ3) is 5.70. The topological polar surface area (TPSA) is 35.6 Å². The number of carbonyl (C=O) groups is 1. The normalized spacial score (nSPS) is 16.9. The maximum Gasteiger partial charge on any atom is 0.238 e. The molecule has 0 bridgehead atoms. The standard InChI is InChI=1S/C15H21Br2N3O/c1-2-3-19-4-6-20(7-5-19)11-15(21)18-14-9-12(16)8-13(17)10-14/h8-10H,2-7,11H2,1H3,(H,18,21). The van der Waals surface area contributed by atoms with Gasteiger partial charge in [-0.25, -0.2) is 0 Å². The lowest BCUT2D eigenvalue weighted by Crippen LogP contribution is -2.48. The van der Waals surface area contributed by atoms with E-state index in [9.17, 15) is 4.79 Å². The van der Waals surface area contributed by atoms with Gasteiger partial charge in [-0.3, -0.25) is 9.69 Å². The zero-order valence-electron chi connectivity index (χ0n) is 12.2. The molecule has 0 spiro atoms. The predicted octanol–water partition coefficient (Wildman–Crippen LogP) is 3.18. The number of piperazine rings is 1. The van der Waals surface area contributed by atoms with Crippen LogP contribution >= 0.6 is 31.9 Å². The Hall–Kier alpha value is -0.430. The van der Waals surface area contributed by atoms with Gasteiger partial charge in [-0.2, -0.15) is 0 Å². The molecule has 1 fully saturated rings. The van der Waals surface area contributed by atoms with Gasteiger partial charge in [-0.15, -0.1) is 0 Å². The number of halogens is 2. The van der Waals surface area contributed by atoms with Crippen LogP contribution in [0.4, 0.5) is 5.69 Å². The summed E-state index contributed by atoms with van der Waals surface area (Å²) in [6, 6.07) is 5.76. The Morgan fingerprint density at radius 3 is 2.24 bits per heavy atom. The fraction of sp³-hybridized carbons (Fsp3) is 0.533. The Bertz CT molecular complexity index is 468. The zero-order valence-corrected chi connectivity index (χ0v) is 15.4. The number of anilines is 1. The van der Waals surface area contributed by atoms with Crippen LogP contribution in [0.5, 0.6) is 0 Å². The molecule has 0 atom stereocenters. The molecule has 0 aliphatic carbocycles. The summed E-state index contributed by atoms with van der Waals surface area (Å²) in [6.45, 7) is 7.88. The Kier molecular flexibility index (Phi) is 6.67. The molecule has 1 aliphatic heterocycles. The van der Waals surface area contributed by atoms with Crippen molar-refractivity contribution in [2.45, 2.75) is 13.3 Å². The lowest BCUT2D eigenvalue weighted by molar-refractivity contribution is -0.117. The van der Waals surface area contributed by atoms with E-state index in [1.54, 1.807) is 0 Å². The summed E-state index contributed by atoms with van der Waals surface area (Å²) < 4.78 is 1.89. The zero-order chi connectivity index (χ0) is 15.2. The molecule has 4 nitrogen and oxygen atoms in total. The first-order valence-electron chi connectivity index (χ1n) is 7.27. The smallest absolute Gasteiger partial charge is 0.238 e. The highest BCUT2D eigenvalue weighted by molar-refractivity contribution is 9.11. The van der Waals surface area contributed by atoms with Crippen LogP contribution in [-0.2, 0) is 4.79 Å². The summed E-state index contributed by atoms with van der Waals surface area (Å²) in [7, 11) is 0. The van der Waals surface area contributed by atoms with Crippen LogP contribution in [0.2, 0.25) is 0 Å². The molecule has 1 aliphatic rings. The van der Waals surface area contributed by atoms with Gasteiger partial charge in [-0.1, -0.05) is 38.8 Å². The van der Waals surface area contributed by atoms with Crippen molar-refractivity contribution < 1.29 is 4.79 Å². The van der Waals surface area contributed by atoms with E-state index in [2.05, 4.69) is 53.9 Å².